The van der Waals surface area contributed by atoms with Crippen molar-refractivity contribution < 1.29 is 8.42 Å². The Bertz CT molecular complexity index is 880. The Morgan fingerprint density at radius 1 is 1.09 bits per heavy atom. The fraction of sp³-hybridized carbons (Fsp3) is 0.176. The Balaban J connectivity index is 1.81. The lowest BCUT2D eigenvalue weighted by molar-refractivity contribution is 0.583. The van der Waals surface area contributed by atoms with E-state index < -0.39 is 10.0 Å². The molecule has 2 heterocycles. The average molecular weight is 364 g/mol. The number of hydrogen-bond acceptors (Lipinski definition) is 4. The van der Waals surface area contributed by atoms with Gasteiger partial charge in [-0.1, -0.05) is 31.2 Å². The molecule has 0 spiro atoms. The van der Waals surface area contributed by atoms with E-state index in [9.17, 15) is 8.42 Å². The molecule has 2 aromatic heterocycles. The van der Waals surface area contributed by atoms with E-state index in [4.69, 9.17) is 0 Å². The van der Waals surface area contributed by atoms with Crippen LogP contribution in [0.15, 0.2) is 57.4 Å². The summed E-state index contributed by atoms with van der Waals surface area (Å²) in [6, 6.07) is 13.5. The van der Waals surface area contributed by atoms with Crippen LogP contribution in [0.25, 0.3) is 11.1 Å². The third-order valence-corrected chi connectivity index (χ3v) is 7.36. The first kappa shape index (κ1) is 16.4. The third-order valence-electron chi connectivity index (χ3n) is 3.55. The molecule has 0 aliphatic carbocycles. The van der Waals surface area contributed by atoms with E-state index in [0.717, 1.165) is 28.0 Å². The normalized spacial score (nSPS) is 11.7. The fourth-order valence-corrected chi connectivity index (χ4v) is 5.31. The van der Waals surface area contributed by atoms with Gasteiger partial charge in [-0.05, 0) is 52.1 Å². The lowest BCUT2D eigenvalue weighted by atomic mass is 10.0. The van der Waals surface area contributed by atoms with Gasteiger partial charge < -0.3 is 0 Å². The van der Waals surface area contributed by atoms with Gasteiger partial charge in [-0.15, -0.1) is 11.3 Å². The number of aryl methyl sites for hydroxylation is 1. The van der Waals surface area contributed by atoms with Gasteiger partial charge in [0, 0.05) is 11.4 Å². The van der Waals surface area contributed by atoms with Gasteiger partial charge >= 0.3 is 0 Å². The first-order valence-corrected chi connectivity index (χ1v) is 10.5. The molecule has 1 aromatic carbocycles. The van der Waals surface area contributed by atoms with Crippen molar-refractivity contribution in [2.24, 2.45) is 0 Å². The minimum absolute atomic E-state index is 0.285. The number of nitrogens with one attached hydrogen (secondary N) is 1. The van der Waals surface area contributed by atoms with Gasteiger partial charge in [0.25, 0.3) is 0 Å². The monoisotopic (exact) mass is 363 g/mol. The maximum atomic E-state index is 12.4. The molecular weight excluding hydrogens is 346 g/mol. The van der Waals surface area contributed by atoms with E-state index in [1.54, 1.807) is 17.4 Å². The largest absolute Gasteiger partial charge is 0.250 e. The molecule has 0 amide bonds. The van der Waals surface area contributed by atoms with Gasteiger partial charge in [0.2, 0.25) is 10.0 Å². The van der Waals surface area contributed by atoms with Crippen molar-refractivity contribution in [2.75, 3.05) is 0 Å². The maximum absolute atomic E-state index is 12.4. The van der Waals surface area contributed by atoms with Gasteiger partial charge in [0.05, 0.1) is 0 Å². The Hall–Kier alpha value is -1.47. The molecule has 120 valence electrons. The van der Waals surface area contributed by atoms with Crippen molar-refractivity contribution >= 4 is 32.7 Å². The summed E-state index contributed by atoms with van der Waals surface area (Å²) in [5.41, 5.74) is 3.16. The fourth-order valence-electron chi connectivity index (χ4n) is 2.31. The molecule has 0 aliphatic rings. The molecule has 0 saturated heterocycles. The van der Waals surface area contributed by atoms with E-state index in [1.807, 2.05) is 48.7 Å². The number of thiophene rings is 2. The second kappa shape index (κ2) is 6.97. The van der Waals surface area contributed by atoms with Crippen LogP contribution in [0.4, 0.5) is 0 Å². The quantitative estimate of drug-likeness (QED) is 0.700. The second-order valence-corrected chi connectivity index (χ2v) is 9.01. The number of rotatable bonds is 6. The molecule has 3 nitrogen and oxygen atoms in total. The highest BCUT2D eigenvalue weighted by molar-refractivity contribution is 7.91. The number of hydrogen-bond donors (Lipinski definition) is 1. The molecule has 0 radical (unpaired) electrons. The molecule has 6 heteroatoms. The van der Waals surface area contributed by atoms with Crippen molar-refractivity contribution in [3.63, 3.8) is 0 Å². The van der Waals surface area contributed by atoms with E-state index in [-0.39, 0.29) is 6.54 Å². The molecule has 0 unspecified atom stereocenters. The van der Waals surface area contributed by atoms with Gasteiger partial charge in [0.15, 0.2) is 0 Å². The van der Waals surface area contributed by atoms with Crippen LogP contribution in [-0.4, -0.2) is 8.42 Å². The standard InChI is InChI=1S/C17H17NO2S3/c1-2-15-7-8-17(22-15)23(19,20)18-11-13-5-3-4-6-16(13)14-9-10-21-12-14/h3-10,12,18H,2,11H2,1H3. The van der Waals surface area contributed by atoms with Crippen LogP contribution in [-0.2, 0) is 23.0 Å². The highest BCUT2D eigenvalue weighted by Crippen LogP contribution is 2.27. The van der Waals surface area contributed by atoms with Gasteiger partial charge in [-0.2, -0.15) is 11.3 Å². The van der Waals surface area contributed by atoms with Gasteiger partial charge in [0.1, 0.15) is 4.21 Å². The predicted molar refractivity (Wildman–Crippen MR) is 97.5 cm³/mol. The summed E-state index contributed by atoms with van der Waals surface area (Å²) < 4.78 is 28.0. The molecule has 0 saturated carbocycles. The summed E-state index contributed by atoms with van der Waals surface area (Å²) in [4.78, 5) is 1.07. The highest BCUT2D eigenvalue weighted by Gasteiger charge is 2.17. The molecular formula is C17H17NO2S3. The summed E-state index contributed by atoms with van der Waals surface area (Å²) in [6.07, 6.45) is 0.848. The molecule has 0 aliphatic heterocycles. The zero-order valence-corrected chi connectivity index (χ0v) is 15.1. The number of sulfonamides is 1. The van der Waals surface area contributed by atoms with Crippen molar-refractivity contribution in [1.29, 1.82) is 0 Å². The zero-order valence-electron chi connectivity index (χ0n) is 12.7. The Morgan fingerprint density at radius 3 is 2.61 bits per heavy atom. The molecule has 0 atom stereocenters. The molecule has 3 rings (SSSR count). The topological polar surface area (TPSA) is 46.2 Å². The Kier molecular flexibility index (Phi) is 4.96. The van der Waals surface area contributed by atoms with Crippen molar-refractivity contribution in [3.8, 4) is 11.1 Å². The minimum Gasteiger partial charge on any atom is -0.206 e. The van der Waals surface area contributed by atoms with Gasteiger partial charge in [-0.3, -0.25) is 0 Å². The molecule has 0 bridgehead atoms. The summed E-state index contributed by atoms with van der Waals surface area (Å²) >= 11 is 2.96. The van der Waals surface area contributed by atoms with Crippen LogP contribution < -0.4 is 4.72 Å². The van der Waals surface area contributed by atoms with Crippen LogP contribution in [0.5, 0.6) is 0 Å². The van der Waals surface area contributed by atoms with Crippen LogP contribution in [0.2, 0.25) is 0 Å². The average Bonchev–Trinajstić information content (AvgIpc) is 3.24. The summed E-state index contributed by atoms with van der Waals surface area (Å²) in [5.74, 6) is 0. The number of benzene rings is 1. The Labute approximate surface area is 144 Å². The molecule has 1 N–H and O–H groups in total. The van der Waals surface area contributed by atoms with Gasteiger partial charge in [-0.25, -0.2) is 13.1 Å². The highest BCUT2D eigenvalue weighted by atomic mass is 32.2. The van der Waals surface area contributed by atoms with Crippen LogP contribution >= 0.6 is 22.7 Å². The van der Waals surface area contributed by atoms with E-state index in [2.05, 4.69) is 10.1 Å². The van der Waals surface area contributed by atoms with Crippen LogP contribution in [0, 0.1) is 0 Å². The molecule has 0 fully saturated rings. The van der Waals surface area contributed by atoms with Crippen LogP contribution in [0.3, 0.4) is 0 Å². The molecule has 23 heavy (non-hydrogen) atoms. The minimum atomic E-state index is -3.46. The van der Waals surface area contributed by atoms with E-state index in [0.29, 0.717) is 4.21 Å². The SMILES string of the molecule is CCc1ccc(S(=O)(=O)NCc2ccccc2-c2ccsc2)s1. The van der Waals surface area contributed by atoms with Crippen molar-refractivity contribution in [3.05, 3.63) is 63.7 Å². The van der Waals surface area contributed by atoms with Crippen molar-refractivity contribution in [1.82, 2.24) is 4.72 Å². The summed E-state index contributed by atoms with van der Waals surface area (Å²) in [6.45, 7) is 2.31. The summed E-state index contributed by atoms with van der Waals surface area (Å²) in [7, 11) is -3.46. The Morgan fingerprint density at radius 2 is 1.91 bits per heavy atom. The maximum Gasteiger partial charge on any atom is 0.250 e. The van der Waals surface area contributed by atoms with E-state index in [1.165, 1.54) is 11.3 Å². The lowest BCUT2D eigenvalue weighted by Crippen LogP contribution is -2.22. The third kappa shape index (κ3) is 3.72. The zero-order chi connectivity index (χ0) is 16.3. The predicted octanol–water partition coefficient (Wildman–Crippen LogP) is 4.52. The second-order valence-electron chi connectivity index (χ2n) is 5.07. The summed E-state index contributed by atoms with van der Waals surface area (Å²) in [5, 5.41) is 4.09. The van der Waals surface area contributed by atoms with E-state index >= 15 is 0 Å². The smallest absolute Gasteiger partial charge is 0.206 e. The first-order valence-electron chi connectivity index (χ1n) is 7.29. The van der Waals surface area contributed by atoms with Crippen LogP contribution in [0.1, 0.15) is 17.4 Å². The molecule has 3 aromatic rings. The lowest BCUT2D eigenvalue weighted by Gasteiger charge is -2.09. The van der Waals surface area contributed by atoms with Crippen molar-refractivity contribution in [2.45, 2.75) is 24.1 Å². The first-order chi connectivity index (χ1) is 11.1.